The van der Waals surface area contributed by atoms with Gasteiger partial charge < -0.3 is 10.6 Å². The first-order chi connectivity index (χ1) is 15.5. The van der Waals surface area contributed by atoms with Crippen molar-refractivity contribution in [2.45, 2.75) is 56.8 Å². The van der Waals surface area contributed by atoms with E-state index in [-0.39, 0.29) is 18.7 Å². The first-order valence-electron chi connectivity index (χ1n) is 11.6. The summed E-state index contributed by atoms with van der Waals surface area (Å²) in [5.74, 6) is -1.86. The van der Waals surface area contributed by atoms with Gasteiger partial charge in [0.15, 0.2) is 0 Å². The Bertz CT molecular complexity index is 958. The van der Waals surface area contributed by atoms with E-state index in [0.29, 0.717) is 29.8 Å². The molecule has 170 valence electrons. The Morgan fingerprint density at radius 1 is 1.00 bits per heavy atom. The zero-order chi connectivity index (χ0) is 22.2. The Morgan fingerprint density at radius 2 is 1.81 bits per heavy atom. The molecule has 1 unspecified atom stereocenters. The monoisotopic (exact) mass is 439 g/mol. The van der Waals surface area contributed by atoms with Gasteiger partial charge in [0.25, 0.3) is 11.8 Å². The van der Waals surface area contributed by atoms with E-state index in [1.807, 2.05) is 6.07 Å². The van der Waals surface area contributed by atoms with Crippen molar-refractivity contribution in [2.24, 2.45) is 0 Å². The topological polar surface area (TPSA) is 111 Å². The van der Waals surface area contributed by atoms with E-state index in [2.05, 4.69) is 20.9 Å². The predicted octanol–water partition coefficient (Wildman–Crippen LogP) is 0.00370. The van der Waals surface area contributed by atoms with Crippen LogP contribution in [0.5, 0.6) is 0 Å². The Morgan fingerprint density at radius 3 is 2.59 bits per heavy atom. The fourth-order valence-corrected chi connectivity index (χ4v) is 5.60. The number of carbonyl (C=O) groups is 4. The second-order valence-corrected chi connectivity index (χ2v) is 9.06. The third-order valence-corrected chi connectivity index (χ3v) is 7.21. The number of hydrogen-bond donors (Lipinski definition) is 3. The lowest BCUT2D eigenvalue weighted by Gasteiger charge is -2.36. The van der Waals surface area contributed by atoms with Gasteiger partial charge in [0.05, 0.1) is 11.1 Å². The van der Waals surface area contributed by atoms with Gasteiger partial charge in [-0.15, -0.1) is 0 Å². The van der Waals surface area contributed by atoms with Gasteiger partial charge in [0, 0.05) is 51.2 Å². The van der Waals surface area contributed by atoms with Crippen molar-refractivity contribution < 1.29 is 19.2 Å². The molecule has 32 heavy (non-hydrogen) atoms. The number of piperidine rings is 1. The number of fused-ring (bicyclic) bond motifs is 1. The van der Waals surface area contributed by atoms with Crippen LogP contribution in [-0.4, -0.2) is 77.7 Å². The maximum absolute atomic E-state index is 13.3. The normalized spacial score (nSPS) is 28.9. The molecule has 1 aromatic rings. The summed E-state index contributed by atoms with van der Waals surface area (Å²) in [6, 6.07) is 5.21. The number of benzene rings is 1. The highest BCUT2D eigenvalue weighted by atomic mass is 16.2. The molecule has 3 aliphatic heterocycles. The maximum Gasteiger partial charge on any atom is 0.262 e. The molecule has 4 aliphatic rings. The van der Waals surface area contributed by atoms with Crippen molar-refractivity contribution in [1.82, 2.24) is 25.8 Å². The fraction of sp³-hybridized carbons (Fsp3) is 0.565. The van der Waals surface area contributed by atoms with Gasteiger partial charge in [-0.25, -0.2) is 0 Å². The minimum Gasteiger partial charge on any atom is -0.314 e. The number of amides is 4. The Kier molecular flexibility index (Phi) is 5.79. The summed E-state index contributed by atoms with van der Waals surface area (Å²) in [6.45, 7) is 4.64. The molecule has 9 nitrogen and oxygen atoms in total. The van der Waals surface area contributed by atoms with Crippen LogP contribution in [0, 0.1) is 0 Å². The zero-order valence-electron chi connectivity index (χ0n) is 18.1. The molecule has 3 heterocycles. The maximum atomic E-state index is 13.3. The summed E-state index contributed by atoms with van der Waals surface area (Å²) < 4.78 is 0. The Balaban J connectivity index is 1.32. The molecule has 1 aromatic carbocycles. The third kappa shape index (κ3) is 3.74. The molecule has 3 atom stereocenters. The molecule has 0 radical (unpaired) electrons. The number of hydrogen-bond acceptors (Lipinski definition) is 7. The highest BCUT2D eigenvalue weighted by Crippen LogP contribution is 2.31. The van der Waals surface area contributed by atoms with Crippen LogP contribution in [0.25, 0.3) is 0 Å². The lowest BCUT2D eigenvalue weighted by molar-refractivity contribution is -0.136. The number of imide groups is 2. The summed E-state index contributed by atoms with van der Waals surface area (Å²) in [6.07, 6.45) is 3.73. The van der Waals surface area contributed by atoms with Gasteiger partial charge in [0.1, 0.15) is 6.04 Å². The first kappa shape index (κ1) is 21.2. The fourth-order valence-electron chi connectivity index (χ4n) is 5.60. The minimum atomic E-state index is -0.937. The Labute approximate surface area is 186 Å². The molecule has 1 aliphatic carbocycles. The molecule has 0 aromatic heterocycles. The van der Waals surface area contributed by atoms with E-state index in [1.54, 1.807) is 12.1 Å². The second-order valence-electron chi connectivity index (χ2n) is 9.06. The van der Waals surface area contributed by atoms with Crippen molar-refractivity contribution in [3.8, 4) is 0 Å². The zero-order valence-corrected chi connectivity index (χ0v) is 18.1. The van der Waals surface area contributed by atoms with Crippen molar-refractivity contribution in [3.63, 3.8) is 0 Å². The molecular weight excluding hydrogens is 410 g/mol. The number of piperazine rings is 1. The van der Waals surface area contributed by atoms with Crippen molar-refractivity contribution in [2.75, 3.05) is 26.2 Å². The number of rotatable bonds is 5. The van der Waals surface area contributed by atoms with Crippen molar-refractivity contribution in [3.05, 3.63) is 34.9 Å². The lowest BCUT2D eigenvalue weighted by Crippen LogP contribution is -2.54. The van der Waals surface area contributed by atoms with Crippen LogP contribution < -0.4 is 16.0 Å². The van der Waals surface area contributed by atoms with Crippen LogP contribution in [0.3, 0.4) is 0 Å². The standard InChI is InChI=1S/C23H29N5O4/c29-19-8-7-18(21(30)26-19)28-22(31)15-4-1-3-14(20(15)23(28)32)13-25-16-5-2-6-17(16)27-11-9-24-10-12-27/h1,3-4,16-18,24-25H,2,5-13H2,(H,26,29,30)/t16-,17+,18?/m1/s1. The number of nitrogens with one attached hydrogen (secondary N) is 3. The largest absolute Gasteiger partial charge is 0.314 e. The van der Waals surface area contributed by atoms with Crippen LogP contribution in [0.2, 0.25) is 0 Å². The van der Waals surface area contributed by atoms with Gasteiger partial charge in [-0.2, -0.15) is 0 Å². The van der Waals surface area contributed by atoms with Gasteiger partial charge in [-0.3, -0.25) is 34.3 Å². The molecule has 5 rings (SSSR count). The predicted molar refractivity (Wildman–Crippen MR) is 116 cm³/mol. The summed E-state index contributed by atoms with van der Waals surface area (Å²) in [5.41, 5.74) is 1.50. The highest BCUT2D eigenvalue weighted by Gasteiger charge is 2.45. The van der Waals surface area contributed by atoms with E-state index in [4.69, 9.17) is 0 Å². The molecule has 2 saturated heterocycles. The molecule has 0 bridgehead atoms. The average Bonchev–Trinajstić information content (AvgIpc) is 3.37. The SMILES string of the molecule is O=C1CCC(N2C(=O)c3cccc(CN[C@@H]4CCC[C@@H]4N4CCNCC4)c3C2=O)C(=O)N1. The van der Waals surface area contributed by atoms with Gasteiger partial charge in [0.2, 0.25) is 11.8 Å². The lowest BCUT2D eigenvalue weighted by atomic mass is 10.0. The van der Waals surface area contributed by atoms with Crippen LogP contribution in [0.4, 0.5) is 0 Å². The summed E-state index contributed by atoms with van der Waals surface area (Å²) in [7, 11) is 0. The van der Waals surface area contributed by atoms with Crippen LogP contribution >= 0.6 is 0 Å². The molecule has 4 amide bonds. The molecular formula is C23H29N5O4. The van der Waals surface area contributed by atoms with E-state index in [1.165, 1.54) is 12.8 Å². The van der Waals surface area contributed by atoms with E-state index in [9.17, 15) is 19.2 Å². The minimum absolute atomic E-state index is 0.118. The van der Waals surface area contributed by atoms with Gasteiger partial charge in [-0.05, 0) is 30.9 Å². The quantitative estimate of drug-likeness (QED) is 0.554. The van der Waals surface area contributed by atoms with Crippen molar-refractivity contribution in [1.29, 1.82) is 0 Å². The number of carbonyl (C=O) groups excluding carboxylic acids is 4. The number of nitrogens with zero attached hydrogens (tertiary/aromatic N) is 2. The van der Waals surface area contributed by atoms with Crippen LogP contribution in [0.1, 0.15) is 58.4 Å². The van der Waals surface area contributed by atoms with E-state index < -0.39 is 23.8 Å². The van der Waals surface area contributed by atoms with Crippen molar-refractivity contribution >= 4 is 23.6 Å². The summed E-state index contributed by atoms with van der Waals surface area (Å²) in [5, 5.41) is 9.29. The average molecular weight is 440 g/mol. The Hall–Kier alpha value is -2.62. The van der Waals surface area contributed by atoms with Crippen LogP contribution in [0.15, 0.2) is 18.2 Å². The first-order valence-corrected chi connectivity index (χ1v) is 11.6. The molecule has 3 N–H and O–H groups in total. The van der Waals surface area contributed by atoms with Gasteiger partial charge >= 0.3 is 0 Å². The van der Waals surface area contributed by atoms with Crippen LogP contribution in [-0.2, 0) is 16.1 Å². The van der Waals surface area contributed by atoms with Gasteiger partial charge in [-0.1, -0.05) is 18.6 Å². The summed E-state index contributed by atoms with van der Waals surface area (Å²) in [4.78, 5) is 53.7. The highest BCUT2D eigenvalue weighted by molar-refractivity contribution is 6.24. The van der Waals surface area contributed by atoms with E-state index in [0.717, 1.165) is 43.1 Å². The molecule has 0 spiro atoms. The smallest absolute Gasteiger partial charge is 0.262 e. The summed E-state index contributed by atoms with van der Waals surface area (Å²) >= 11 is 0. The second kappa shape index (κ2) is 8.73. The third-order valence-electron chi connectivity index (χ3n) is 7.21. The molecule has 9 heteroatoms. The van der Waals surface area contributed by atoms with E-state index >= 15 is 0 Å². The molecule has 3 fully saturated rings. The molecule has 1 saturated carbocycles.